The molecule has 1 aromatic heterocycles. The van der Waals surface area contributed by atoms with E-state index in [0.717, 1.165) is 0 Å². The summed E-state index contributed by atoms with van der Waals surface area (Å²) in [5, 5.41) is 6.36. The molecule has 0 atom stereocenters. The van der Waals surface area contributed by atoms with Crippen LogP contribution >= 0.6 is 23.2 Å². The summed E-state index contributed by atoms with van der Waals surface area (Å²) in [7, 11) is 0. The fourth-order valence-electron chi connectivity index (χ4n) is 1.75. The van der Waals surface area contributed by atoms with Crippen molar-refractivity contribution in [1.82, 2.24) is 9.78 Å². The van der Waals surface area contributed by atoms with Gasteiger partial charge in [-0.2, -0.15) is 0 Å². The maximum Gasteiger partial charge on any atom is 0.273 e. The summed E-state index contributed by atoms with van der Waals surface area (Å²) in [5.41, 5.74) is -0.435. The molecule has 0 unspecified atom stereocenters. The predicted molar refractivity (Wildman–Crippen MR) is 89.1 cm³/mol. The highest BCUT2D eigenvalue weighted by Crippen LogP contribution is 2.24. The van der Waals surface area contributed by atoms with Crippen LogP contribution in [0.5, 0.6) is 0 Å². The number of benzene rings is 1. The number of anilines is 1. The lowest BCUT2D eigenvalue weighted by Crippen LogP contribution is -2.30. The maximum atomic E-state index is 12.2. The van der Waals surface area contributed by atoms with Gasteiger partial charge in [-0.05, 0) is 24.6 Å². The van der Waals surface area contributed by atoms with Crippen LogP contribution in [0.2, 0.25) is 10.0 Å². The molecule has 1 amide bonds. The summed E-state index contributed by atoms with van der Waals surface area (Å²) in [6.07, 6.45) is 0.684. The first-order valence-electron chi connectivity index (χ1n) is 6.83. The minimum absolute atomic E-state index is 0.166. The summed E-state index contributed by atoms with van der Waals surface area (Å²) in [6, 6.07) is 6.11. The van der Waals surface area contributed by atoms with Crippen molar-refractivity contribution in [2.75, 3.05) is 5.32 Å². The molecular weight excluding hydrogens is 325 g/mol. The largest absolute Gasteiger partial charge is 0.311 e. The van der Waals surface area contributed by atoms with Crippen LogP contribution in [0.3, 0.4) is 0 Å². The molecule has 2 rings (SSSR count). The fraction of sp³-hybridized carbons (Fsp3) is 0.333. The topological polar surface area (TPSA) is 66.9 Å². The second kappa shape index (κ2) is 6.18. The quantitative estimate of drug-likeness (QED) is 0.886. The lowest BCUT2D eigenvalue weighted by atomic mass is 9.89. The molecule has 2 N–H and O–H groups in total. The van der Waals surface area contributed by atoms with Crippen molar-refractivity contribution in [2.45, 2.75) is 27.2 Å². The van der Waals surface area contributed by atoms with E-state index in [2.05, 4.69) is 10.4 Å². The van der Waals surface area contributed by atoms with Crippen LogP contribution in [0.15, 0.2) is 29.1 Å². The van der Waals surface area contributed by atoms with E-state index in [1.807, 2.05) is 20.8 Å². The van der Waals surface area contributed by atoms with Crippen molar-refractivity contribution in [3.05, 3.63) is 44.7 Å². The standard InChI is InChI=1S/C15H17Cl2N3O2/c1-4-15(2,3)14(22)18-12-8-13(21)20(19-12)11-7-9(16)5-6-10(11)17/h5-8,19H,4H2,1-3H3,(H,18,22). The Morgan fingerprint density at radius 3 is 2.64 bits per heavy atom. The van der Waals surface area contributed by atoms with E-state index in [9.17, 15) is 9.59 Å². The molecule has 0 aliphatic carbocycles. The normalized spacial score (nSPS) is 11.5. The van der Waals surface area contributed by atoms with Crippen molar-refractivity contribution in [3.63, 3.8) is 0 Å². The van der Waals surface area contributed by atoms with Gasteiger partial charge in [-0.1, -0.05) is 44.0 Å². The molecule has 0 saturated carbocycles. The minimum Gasteiger partial charge on any atom is -0.311 e. The van der Waals surface area contributed by atoms with Crippen LogP contribution in [0.4, 0.5) is 5.82 Å². The molecule has 0 spiro atoms. The number of rotatable bonds is 4. The zero-order valence-corrected chi connectivity index (χ0v) is 14.0. The van der Waals surface area contributed by atoms with E-state index >= 15 is 0 Å². The molecule has 1 aromatic carbocycles. The molecule has 0 aliphatic heterocycles. The first-order valence-corrected chi connectivity index (χ1v) is 7.59. The Balaban J connectivity index is 2.35. The van der Waals surface area contributed by atoms with Gasteiger partial charge in [0.1, 0.15) is 5.82 Å². The molecule has 7 heteroatoms. The first kappa shape index (κ1) is 16.6. The Hall–Kier alpha value is -1.72. The Kier molecular flexibility index (Phi) is 4.68. The molecule has 1 heterocycles. The van der Waals surface area contributed by atoms with Crippen LogP contribution < -0.4 is 10.9 Å². The van der Waals surface area contributed by atoms with Crippen LogP contribution in [0.25, 0.3) is 5.69 Å². The summed E-state index contributed by atoms with van der Waals surface area (Å²) in [4.78, 5) is 24.2. The number of halogens is 2. The summed E-state index contributed by atoms with van der Waals surface area (Å²) in [6.45, 7) is 5.61. The van der Waals surface area contributed by atoms with Crippen LogP contribution in [-0.4, -0.2) is 15.7 Å². The van der Waals surface area contributed by atoms with Crippen molar-refractivity contribution >= 4 is 34.9 Å². The molecule has 0 aliphatic rings. The molecule has 5 nitrogen and oxygen atoms in total. The Bertz CT molecular complexity index is 762. The predicted octanol–water partition coefficient (Wildman–Crippen LogP) is 3.85. The van der Waals surface area contributed by atoms with E-state index in [1.54, 1.807) is 18.2 Å². The van der Waals surface area contributed by atoms with E-state index < -0.39 is 5.41 Å². The van der Waals surface area contributed by atoms with Crippen molar-refractivity contribution in [3.8, 4) is 5.69 Å². The average Bonchev–Trinajstić information content (AvgIpc) is 2.82. The summed E-state index contributed by atoms with van der Waals surface area (Å²) < 4.78 is 1.24. The van der Waals surface area contributed by atoms with E-state index in [0.29, 0.717) is 28.0 Å². The number of hydrogen-bond acceptors (Lipinski definition) is 2. The van der Waals surface area contributed by atoms with Gasteiger partial charge in [0, 0.05) is 16.5 Å². The highest BCUT2D eigenvalue weighted by Gasteiger charge is 2.26. The Morgan fingerprint density at radius 2 is 2.00 bits per heavy atom. The van der Waals surface area contributed by atoms with Crippen molar-refractivity contribution < 1.29 is 4.79 Å². The van der Waals surface area contributed by atoms with Crippen LogP contribution in [-0.2, 0) is 4.79 Å². The van der Waals surface area contributed by atoms with Gasteiger partial charge in [0.25, 0.3) is 5.56 Å². The van der Waals surface area contributed by atoms with Crippen LogP contribution in [0, 0.1) is 5.41 Å². The molecule has 0 fully saturated rings. The third-order valence-corrected chi connectivity index (χ3v) is 4.17. The Labute approximate surface area is 138 Å². The monoisotopic (exact) mass is 341 g/mol. The number of H-pyrrole nitrogens is 1. The lowest BCUT2D eigenvalue weighted by Gasteiger charge is -2.20. The van der Waals surface area contributed by atoms with Gasteiger partial charge in [0.15, 0.2) is 0 Å². The molecule has 0 saturated heterocycles. The molecule has 118 valence electrons. The smallest absolute Gasteiger partial charge is 0.273 e. The van der Waals surface area contributed by atoms with Crippen molar-refractivity contribution in [2.24, 2.45) is 5.41 Å². The van der Waals surface area contributed by atoms with Gasteiger partial charge >= 0.3 is 0 Å². The van der Waals surface area contributed by atoms with E-state index in [1.165, 1.54) is 10.7 Å². The number of carbonyl (C=O) groups excluding carboxylic acids is 1. The van der Waals surface area contributed by atoms with Gasteiger partial charge in [-0.25, -0.2) is 4.68 Å². The number of carbonyl (C=O) groups is 1. The van der Waals surface area contributed by atoms with Gasteiger partial charge in [0.05, 0.1) is 10.7 Å². The fourth-order valence-corrected chi connectivity index (χ4v) is 2.12. The lowest BCUT2D eigenvalue weighted by molar-refractivity contribution is -0.124. The van der Waals surface area contributed by atoms with Gasteiger partial charge in [0.2, 0.25) is 5.91 Å². The number of nitrogens with one attached hydrogen (secondary N) is 2. The minimum atomic E-state index is -0.521. The van der Waals surface area contributed by atoms with E-state index in [-0.39, 0.29) is 11.5 Å². The summed E-state index contributed by atoms with van der Waals surface area (Å²) >= 11 is 12.0. The van der Waals surface area contributed by atoms with Gasteiger partial charge in [-0.3, -0.25) is 14.7 Å². The second-order valence-electron chi connectivity index (χ2n) is 5.63. The van der Waals surface area contributed by atoms with Gasteiger partial charge < -0.3 is 5.32 Å². The highest BCUT2D eigenvalue weighted by atomic mass is 35.5. The summed E-state index contributed by atoms with van der Waals surface area (Å²) in [5.74, 6) is 0.146. The number of nitrogens with zero attached hydrogens (tertiary/aromatic N) is 1. The van der Waals surface area contributed by atoms with Gasteiger partial charge in [-0.15, -0.1) is 0 Å². The number of aromatic nitrogens is 2. The number of hydrogen-bond donors (Lipinski definition) is 2. The average molecular weight is 342 g/mol. The van der Waals surface area contributed by atoms with Crippen molar-refractivity contribution in [1.29, 1.82) is 0 Å². The third-order valence-electron chi connectivity index (χ3n) is 3.62. The second-order valence-corrected chi connectivity index (χ2v) is 6.47. The molecule has 0 bridgehead atoms. The van der Waals surface area contributed by atoms with E-state index in [4.69, 9.17) is 23.2 Å². The molecule has 2 aromatic rings. The highest BCUT2D eigenvalue weighted by molar-refractivity contribution is 6.34. The maximum absolute atomic E-state index is 12.2. The third kappa shape index (κ3) is 3.36. The zero-order valence-electron chi connectivity index (χ0n) is 12.5. The first-order chi connectivity index (χ1) is 10.2. The molecule has 0 radical (unpaired) electrons. The molecular formula is C15H17Cl2N3O2. The zero-order chi connectivity index (χ0) is 16.5. The molecule has 22 heavy (non-hydrogen) atoms. The number of aromatic amines is 1. The Morgan fingerprint density at radius 1 is 1.32 bits per heavy atom. The van der Waals surface area contributed by atoms with Crippen LogP contribution in [0.1, 0.15) is 27.2 Å². The SMILES string of the molecule is CCC(C)(C)C(=O)Nc1cc(=O)n(-c2cc(Cl)ccc2Cl)[nH]1. The number of amides is 1.